The SMILES string of the molecule is COc1ccc(CNC(=S)[C@H](CCC2CCCCC2)NC(=O)[C@H]2CSCN2C(=O)OC(C)(C)C)cc1. The summed E-state index contributed by atoms with van der Waals surface area (Å²) in [5, 5.41) is 6.53. The van der Waals surface area contributed by atoms with Gasteiger partial charge >= 0.3 is 6.09 Å². The van der Waals surface area contributed by atoms with Gasteiger partial charge in [-0.15, -0.1) is 11.8 Å². The van der Waals surface area contributed by atoms with Crippen molar-refractivity contribution in [3.63, 3.8) is 0 Å². The van der Waals surface area contributed by atoms with Crippen LogP contribution in [0.4, 0.5) is 4.79 Å². The minimum Gasteiger partial charge on any atom is -0.497 e. The summed E-state index contributed by atoms with van der Waals surface area (Å²) in [6, 6.07) is 7.00. The van der Waals surface area contributed by atoms with Crippen molar-refractivity contribution in [3.8, 4) is 5.75 Å². The number of hydrogen-bond acceptors (Lipinski definition) is 6. The van der Waals surface area contributed by atoms with Gasteiger partial charge in [0.05, 0.1) is 24.0 Å². The van der Waals surface area contributed by atoms with Crippen LogP contribution >= 0.6 is 24.0 Å². The number of thiocarbonyl (C=S) groups is 1. The Morgan fingerprint density at radius 3 is 2.50 bits per heavy atom. The van der Waals surface area contributed by atoms with Gasteiger partial charge in [-0.1, -0.05) is 56.5 Å². The molecular weight excluding hydrogens is 494 g/mol. The molecule has 7 nitrogen and oxygen atoms in total. The molecule has 200 valence electrons. The van der Waals surface area contributed by atoms with Crippen LogP contribution in [-0.2, 0) is 16.1 Å². The van der Waals surface area contributed by atoms with E-state index in [1.165, 1.54) is 37.0 Å². The predicted molar refractivity (Wildman–Crippen MR) is 149 cm³/mol. The van der Waals surface area contributed by atoms with Gasteiger partial charge < -0.3 is 20.1 Å². The van der Waals surface area contributed by atoms with Gasteiger partial charge in [0.25, 0.3) is 0 Å². The van der Waals surface area contributed by atoms with Crippen molar-refractivity contribution in [3.05, 3.63) is 29.8 Å². The van der Waals surface area contributed by atoms with E-state index in [2.05, 4.69) is 10.6 Å². The molecule has 2 fully saturated rings. The highest BCUT2D eigenvalue weighted by atomic mass is 32.2. The molecule has 1 aromatic rings. The third kappa shape index (κ3) is 8.83. The van der Waals surface area contributed by atoms with Crippen molar-refractivity contribution in [2.24, 2.45) is 5.92 Å². The Hall–Kier alpha value is -2.00. The summed E-state index contributed by atoms with van der Waals surface area (Å²) in [5.41, 5.74) is 0.472. The number of nitrogens with one attached hydrogen (secondary N) is 2. The fraction of sp³-hybridized carbons (Fsp3) is 0.667. The van der Waals surface area contributed by atoms with Crippen LogP contribution in [0.2, 0.25) is 0 Å². The molecule has 0 bridgehead atoms. The number of carbonyl (C=O) groups excluding carboxylic acids is 2. The normalized spacial score (nSPS) is 19.4. The number of ether oxygens (including phenoxy) is 2. The highest BCUT2D eigenvalue weighted by molar-refractivity contribution is 7.99. The van der Waals surface area contributed by atoms with Gasteiger partial charge in [-0.2, -0.15) is 0 Å². The molecule has 0 unspecified atom stereocenters. The molecule has 1 saturated heterocycles. The van der Waals surface area contributed by atoms with Crippen molar-refractivity contribution in [2.75, 3.05) is 18.7 Å². The van der Waals surface area contributed by atoms with E-state index in [9.17, 15) is 9.59 Å². The maximum absolute atomic E-state index is 13.4. The quantitative estimate of drug-likeness (QED) is 0.417. The summed E-state index contributed by atoms with van der Waals surface area (Å²) >= 11 is 7.34. The van der Waals surface area contributed by atoms with Crippen molar-refractivity contribution >= 4 is 41.0 Å². The summed E-state index contributed by atoms with van der Waals surface area (Å²) in [4.78, 5) is 28.2. The van der Waals surface area contributed by atoms with E-state index in [0.29, 0.717) is 29.1 Å². The Labute approximate surface area is 225 Å². The predicted octanol–water partition coefficient (Wildman–Crippen LogP) is 5.27. The molecule has 0 spiro atoms. The Morgan fingerprint density at radius 1 is 1.17 bits per heavy atom. The number of nitrogens with zero attached hydrogens (tertiary/aromatic N) is 1. The molecule has 2 N–H and O–H groups in total. The molecule has 1 heterocycles. The van der Waals surface area contributed by atoms with Gasteiger partial charge in [0.15, 0.2) is 0 Å². The van der Waals surface area contributed by atoms with Gasteiger partial charge in [-0.05, 0) is 57.2 Å². The topological polar surface area (TPSA) is 79.9 Å². The maximum Gasteiger partial charge on any atom is 0.411 e. The largest absolute Gasteiger partial charge is 0.497 e. The number of rotatable bonds is 9. The molecule has 2 atom stereocenters. The summed E-state index contributed by atoms with van der Waals surface area (Å²) in [7, 11) is 1.65. The Bertz CT molecular complexity index is 882. The van der Waals surface area contributed by atoms with Crippen molar-refractivity contribution in [2.45, 2.75) is 89.9 Å². The van der Waals surface area contributed by atoms with Crippen LogP contribution in [0.15, 0.2) is 24.3 Å². The molecule has 1 aromatic carbocycles. The monoisotopic (exact) mass is 535 g/mol. The smallest absolute Gasteiger partial charge is 0.411 e. The molecule has 1 aliphatic heterocycles. The molecular formula is C27H41N3O4S2. The molecule has 0 radical (unpaired) electrons. The Morgan fingerprint density at radius 2 is 1.86 bits per heavy atom. The lowest BCUT2D eigenvalue weighted by molar-refractivity contribution is -0.125. The first-order valence-corrected chi connectivity index (χ1v) is 14.5. The minimum absolute atomic E-state index is 0.173. The van der Waals surface area contributed by atoms with Crippen LogP contribution in [0.5, 0.6) is 5.75 Å². The summed E-state index contributed by atoms with van der Waals surface area (Å²) in [6.45, 7) is 6.06. The van der Waals surface area contributed by atoms with Crippen molar-refractivity contribution in [1.82, 2.24) is 15.5 Å². The summed E-state index contributed by atoms with van der Waals surface area (Å²) < 4.78 is 10.8. The van der Waals surface area contributed by atoms with Crippen molar-refractivity contribution < 1.29 is 19.1 Å². The lowest BCUT2D eigenvalue weighted by atomic mass is 9.85. The standard InChI is InChI=1S/C27H41N3O4S2/c1-27(2,3)34-26(32)30-18-36-17-23(30)24(31)29-22(15-12-19-8-6-5-7-9-19)25(35)28-16-20-10-13-21(33-4)14-11-20/h10-11,13-14,19,22-23H,5-9,12,15-18H2,1-4H3,(H,28,35)(H,29,31)/t22-,23+/m0/s1. The first-order valence-electron chi connectivity index (χ1n) is 12.9. The number of hydrogen-bond donors (Lipinski definition) is 2. The average molecular weight is 536 g/mol. The highest BCUT2D eigenvalue weighted by Gasteiger charge is 2.38. The van der Waals surface area contributed by atoms with Crippen molar-refractivity contribution in [1.29, 1.82) is 0 Å². The molecule has 1 aliphatic carbocycles. The van der Waals surface area contributed by atoms with Gasteiger partial charge in [0.2, 0.25) is 5.91 Å². The maximum atomic E-state index is 13.4. The minimum atomic E-state index is -0.610. The average Bonchev–Trinajstić information content (AvgIpc) is 3.35. The summed E-state index contributed by atoms with van der Waals surface area (Å²) in [5.74, 6) is 2.31. The third-order valence-electron chi connectivity index (χ3n) is 6.66. The first-order chi connectivity index (χ1) is 17.2. The molecule has 1 saturated carbocycles. The van der Waals surface area contributed by atoms with Gasteiger partial charge in [-0.25, -0.2) is 4.79 Å². The van der Waals surface area contributed by atoms with E-state index in [0.717, 1.165) is 24.2 Å². The highest BCUT2D eigenvalue weighted by Crippen LogP contribution is 2.28. The van der Waals surface area contributed by atoms with Crippen LogP contribution in [0.25, 0.3) is 0 Å². The van der Waals surface area contributed by atoms with Gasteiger partial charge in [-0.3, -0.25) is 9.69 Å². The van der Waals surface area contributed by atoms with Crippen LogP contribution in [0, 0.1) is 5.92 Å². The Balaban J connectivity index is 1.63. The molecule has 3 rings (SSSR count). The van der Waals surface area contributed by atoms with Crippen LogP contribution < -0.4 is 15.4 Å². The zero-order valence-electron chi connectivity index (χ0n) is 22.0. The number of thioether (sulfide) groups is 1. The van der Waals surface area contributed by atoms with Gasteiger partial charge in [0.1, 0.15) is 17.4 Å². The number of amides is 2. The second-order valence-corrected chi connectivity index (χ2v) is 12.1. The van der Waals surface area contributed by atoms with E-state index >= 15 is 0 Å². The molecule has 2 amide bonds. The molecule has 9 heteroatoms. The second-order valence-electron chi connectivity index (χ2n) is 10.7. The van der Waals surface area contributed by atoms with E-state index in [-0.39, 0.29) is 11.9 Å². The fourth-order valence-electron chi connectivity index (χ4n) is 4.63. The first kappa shape index (κ1) is 28.6. The zero-order chi connectivity index (χ0) is 26.1. The van der Waals surface area contributed by atoms with Crippen LogP contribution in [-0.4, -0.2) is 58.3 Å². The summed E-state index contributed by atoms with van der Waals surface area (Å²) in [6.07, 6.45) is 7.75. The van der Waals surface area contributed by atoms with E-state index < -0.39 is 17.7 Å². The third-order valence-corrected chi connectivity index (χ3v) is 8.10. The van der Waals surface area contributed by atoms with Crippen LogP contribution in [0.1, 0.15) is 71.3 Å². The van der Waals surface area contributed by atoms with E-state index in [1.54, 1.807) is 18.9 Å². The number of benzene rings is 1. The Kier molecular flexibility index (Phi) is 10.7. The zero-order valence-corrected chi connectivity index (χ0v) is 23.6. The van der Waals surface area contributed by atoms with E-state index in [4.69, 9.17) is 21.7 Å². The molecule has 2 aliphatic rings. The second kappa shape index (κ2) is 13.5. The van der Waals surface area contributed by atoms with Crippen LogP contribution in [0.3, 0.4) is 0 Å². The van der Waals surface area contributed by atoms with E-state index in [1.807, 2.05) is 45.0 Å². The number of methoxy groups -OCH3 is 1. The fourth-order valence-corrected chi connectivity index (χ4v) is 6.02. The lowest BCUT2D eigenvalue weighted by Crippen LogP contribution is -2.54. The number of carbonyl (C=O) groups is 2. The van der Waals surface area contributed by atoms with Gasteiger partial charge in [0, 0.05) is 12.3 Å². The lowest BCUT2D eigenvalue weighted by Gasteiger charge is -2.30. The molecule has 0 aromatic heterocycles. The molecule has 36 heavy (non-hydrogen) atoms.